The SMILES string of the molecule is CCNC(=S)N1CC[NH+](Cc2ccc(Br)s2)CC1. The van der Waals surface area contributed by atoms with E-state index in [-0.39, 0.29) is 0 Å². The maximum Gasteiger partial charge on any atom is 0.169 e. The molecular weight excluding hydrogens is 330 g/mol. The van der Waals surface area contributed by atoms with Gasteiger partial charge < -0.3 is 15.1 Å². The third kappa shape index (κ3) is 3.91. The fraction of sp³-hybridized carbons (Fsp3) is 0.583. The fourth-order valence-corrected chi connectivity index (χ4v) is 4.04. The Hall–Kier alpha value is -0.170. The molecule has 0 spiro atoms. The summed E-state index contributed by atoms with van der Waals surface area (Å²) in [5.74, 6) is 0. The molecule has 1 saturated heterocycles. The molecule has 18 heavy (non-hydrogen) atoms. The normalized spacial score (nSPS) is 16.9. The molecule has 1 fully saturated rings. The van der Waals surface area contributed by atoms with E-state index in [9.17, 15) is 0 Å². The van der Waals surface area contributed by atoms with Crippen molar-refractivity contribution < 1.29 is 4.90 Å². The number of piperazine rings is 1. The first-order chi connectivity index (χ1) is 8.69. The average molecular weight is 349 g/mol. The quantitative estimate of drug-likeness (QED) is 0.798. The molecule has 100 valence electrons. The predicted molar refractivity (Wildman–Crippen MR) is 84.3 cm³/mol. The molecule has 3 nitrogen and oxygen atoms in total. The largest absolute Gasteiger partial charge is 0.363 e. The smallest absolute Gasteiger partial charge is 0.169 e. The van der Waals surface area contributed by atoms with E-state index in [1.807, 2.05) is 11.3 Å². The zero-order chi connectivity index (χ0) is 13.0. The second kappa shape index (κ2) is 6.84. The summed E-state index contributed by atoms with van der Waals surface area (Å²) < 4.78 is 1.23. The number of thiophene rings is 1. The van der Waals surface area contributed by atoms with Gasteiger partial charge in [-0.3, -0.25) is 0 Å². The minimum atomic E-state index is 0.912. The average Bonchev–Trinajstić information content (AvgIpc) is 2.76. The summed E-state index contributed by atoms with van der Waals surface area (Å²) in [7, 11) is 0. The van der Waals surface area contributed by atoms with Crippen LogP contribution in [0.4, 0.5) is 0 Å². The first-order valence-electron chi connectivity index (χ1n) is 6.29. The van der Waals surface area contributed by atoms with E-state index in [1.54, 1.807) is 4.90 Å². The van der Waals surface area contributed by atoms with Crippen molar-refractivity contribution in [2.45, 2.75) is 13.5 Å². The van der Waals surface area contributed by atoms with Gasteiger partial charge in [0.05, 0.1) is 34.8 Å². The summed E-state index contributed by atoms with van der Waals surface area (Å²) in [5.41, 5.74) is 0. The molecule has 1 aromatic rings. The summed E-state index contributed by atoms with van der Waals surface area (Å²) in [5, 5.41) is 4.14. The van der Waals surface area contributed by atoms with E-state index in [0.717, 1.165) is 31.3 Å². The van der Waals surface area contributed by atoms with Gasteiger partial charge in [-0.05, 0) is 47.2 Å². The lowest BCUT2D eigenvalue weighted by molar-refractivity contribution is -0.917. The van der Waals surface area contributed by atoms with Crippen LogP contribution in [-0.4, -0.2) is 42.7 Å². The number of hydrogen-bond donors (Lipinski definition) is 2. The third-order valence-corrected chi connectivity index (χ3v) is 5.17. The van der Waals surface area contributed by atoms with Gasteiger partial charge >= 0.3 is 0 Å². The van der Waals surface area contributed by atoms with Gasteiger partial charge in [0.2, 0.25) is 0 Å². The number of hydrogen-bond acceptors (Lipinski definition) is 2. The maximum atomic E-state index is 5.35. The van der Waals surface area contributed by atoms with Gasteiger partial charge in [0.1, 0.15) is 6.54 Å². The zero-order valence-electron chi connectivity index (χ0n) is 10.5. The van der Waals surface area contributed by atoms with Crippen LogP contribution in [0, 0.1) is 0 Å². The molecule has 6 heteroatoms. The van der Waals surface area contributed by atoms with Crippen molar-refractivity contribution in [2.24, 2.45) is 0 Å². The van der Waals surface area contributed by atoms with E-state index < -0.39 is 0 Å². The number of quaternary nitrogens is 1. The van der Waals surface area contributed by atoms with Crippen molar-refractivity contribution in [2.75, 3.05) is 32.7 Å². The molecule has 1 aliphatic rings. The Bertz CT molecular complexity index is 400. The van der Waals surface area contributed by atoms with Crippen molar-refractivity contribution in [1.29, 1.82) is 0 Å². The van der Waals surface area contributed by atoms with Gasteiger partial charge in [-0.1, -0.05) is 0 Å². The topological polar surface area (TPSA) is 19.7 Å². The highest BCUT2D eigenvalue weighted by Crippen LogP contribution is 2.21. The Balaban J connectivity index is 1.78. The number of nitrogens with one attached hydrogen (secondary N) is 2. The maximum absolute atomic E-state index is 5.35. The van der Waals surface area contributed by atoms with Gasteiger partial charge in [0.15, 0.2) is 5.11 Å². The first-order valence-corrected chi connectivity index (χ1v) is 8.31. The Labute approximate surface area is 126 Å². The monoisotopic (exact) mass is 348 g/mol. The summed E-state index contributed by atoms with van der Waals surface area (Å²) >= 11 is 10.7. The van der Waals surface area contributed by atoms with Crippen molar-refractivity contribution in [3.63, 3.8) is 0 Å². The molecule has 0 atom stereocenters. The second-order valence-electron chi connectivity index (χ2n) is 4.46. The van der Waals surface area contributed by atoms with Gasteiger partial charge in [0, 0.05) is 6.54 Å². The Morgan fingerprint density at radius 3 is 2.78 bits per heavy atom. The van der Waals surface area contributed by atoms with Crippen LogP contribution >= 0.6 is 39.5 Å². The molecule has 0 unspecified atom stereocenters. The molecule has 2 N–H and O–H groups in total. The van der Waals surface area contributed by atoms with E-state index in [2.05, 4.69) is 45.2 Å². The number of nitrogens with zero attached hydrogens (tertiary/aromatic N) is 1. The molecule has 2 rings (SSSR count). The van der Waals surface area contributed by atoms with Crippen LogP contribution in [0.3, 0.4) is 0 Å². The van der Waals surface area contributed by atoms with Gasteiger partial charge in [-0.25, -0.2) is 0 Å². The standard InChI is InChI=1S/C12H18BrN3S2/c1-2-14-12(17)16-7-5-15(6-8-16)9-10-3-4-11(13)18-10/h3-4H,2,5-9H2,1H3,(H,14,17)/p+1. The van der Waals surface area contributed by atoms with Crippen LogP contribution in [0.5, 0.6) is 0 Å². The summed E-state index contributed by atoms with van der Waals surface area (Å²) in [6.45, 7) is 8.60. The minimum Gasteiger partial charge on any atom is -0.363 e. The van der Waals surface area contributed by atoms with Crippen LogP contribution in [0.15, 0.2) is 15.9 Å². The Kier molecular flexibility index (Phi) is 5.41. The van der Waals surface area contributed by atoms with E-state index >= 15 is 0 Å². The first kappa shape index (κ1) is 14.2. The Morgan fingerprint density at radius 2 is 2.22 bits per heavy atom. The number of halogens is 1. The van der Waals surface area contributed by atoms with E-state index in [4.69, 9.17) is 12.2 Å². The molecule has 0 aliphatic carbocycles. The zero-order valence-corrected chi connectivity index (χ0v) is 13.8. The molecule has 0 aromatic carbocycles. The van der Waals surface area contributed by atoms with Gasteiger partial charge in [-0.15, -0.1) is 11.3 Å². The molecule has 2 heterocycles. The van der Waals surface area contributed by atoms with Crippen LogP contribution in [-0.2, 0) is 6.54 Å². The molecular formula is C12H19BrN3S2+. The molecule has 0 saturated carbocycles. The molecule has 0 amide bonds. The number of rotatable bonds is 3. The highest BCUT2D eigenvalue weighted by molar-refractivity contribution is 9.11. The van der Waals surface area contributed by atoms with Crippen molar-refractivity contribution in [1.82, 2.24) is 10.2 Å². The molecule has 1 aliphatic heterocycles. The van der Waals surface area contributed by atoms with Crippen LogP contribution in [0.1, 0.15) is 11.8 Å². The van der Waals surface area contributed by atoms with Crippen LogP contribution < -0.4 is 10.2 Å². The molecule has 0 bridgehead atoms. The van der Waals surface area contributed by atoms with Crippen molar-refractivity contribution in [3.05, 3.63) is 20.8 Å². The molecule has 1 aromatic heterocycles. The lowest BCUT2D eigenvalue weighted by Crippen LogP contribution is -3.13. The van der Waals surface area contributed by atoms with Crippen molar-refractivity contribution in [3.8, 4) is 0 Å². The highest BCUT2D eigenvalue weighted by Gasteiger charge is 2.21. The summed E-state index contributed by atoms with van der Waals surface area (Å²) in [6, 6.07) is 4.35. The van der Waals surface area contributed by atoms with E-state index in [0.29, 0.717) is 0 Å². The third-order valence-electron chi connectivity index (χ3n) is 3.14. The molecule has 0 radical (unpaired) electrons. The van der Waals surface area contributed by atoms with Crippen LogP contribution in [0.2, 0.25) is 0 Å². The van der Waals surface area contributed by atoms with Crippen LogP contribution in [0.25, 0.3) is 0 Å². The fourth-order valence-electron chi connectivity index (χ4n) is 2.16. The predicted octanol–water partition coefficient (Wildman–Crippen LogP) is 1.11. The number of thiocarbonyl (C=S) groups is 1. The van der Waals surface area contributed by atoms with E-state index in [1.165, 1.54) is 21.8 Å². The Morgan fingerprint density at radius 1 is 1.50 bits per heavy atom. The summed E-state index contributed by atoms with van der Waals surface area (Å²) in [4.78, 5) is 5.40. The van der Waals surface area contributed by atoms with Gasteiger partial charge in [0.25, 0.3) is 0 Å². The second-order valence-corrected chi connectivity index (χ2v) is 7.39. The van der Waals surface area contributed by atoms with Crippen molar-refractivity contribution >= 4 is 44.6 Å². The lowest BCUT2D eigenvalue weighted by atomic mass is 10.3. The minimum absolute atomic E-state index is 0.912. The summed E-state index contributed by atoms with van der Waals surface area (Å²) in [6.07, 6.45) is 0. The lowest BCUT2D eigenvalue weighted by Gasteiger charge is -2.33. The van der Waals surface area contributed by atoms with Gasteiger partial charge in [-0.2, -0.15) is 0 Å². The highest BCUT2D eigenvalue weighted by atomic mass is 79.9.